The molecule has 1 atom stereocenters. The molecule has 0 aliphatic heterocycles. The topological polar surface area (TPSA) is 40.2 Å². The fourth-order valence-electron chi connectivity index (χ4n) is 1.05. The van der Waals surface area contributed by atoms with Gasteiger partial charge in [-0.1, -0.05) is 0 Å². The number of nitriles is 1. The molecule has 0 N–H and O–H groups in total. The van der Waals surface area contributed by atoms with Crippen LogP contribution in [0.2, 0.25) is 0 Å². The highest BCUT2D eigenvalue weighted by atomic mass is 35.5. The number of furan rings is 1. The minimum atomic E-state index is -0.458. The summed E-state index contributed by atoms with van der Waals surface area (Å²) in [6, 6.07) is 5.70. The van der Waals surface area contributed by atoms with E-state index >= 15 is 0 Å². The van der Waals surface area contributed by atoms with Crippen molar-refractivity contribution in [1.82, 2.24) is 4.90 Å². The highest BCUT2D eigenvalue weighted by Crippen LogP contribution is 2.05. The molecule has 3 nitrogen and oxygen atoms in total. The highest BCUT2D eigenvalue weighted by Gasteiger charge is 2.08. The lowest BCUT2D eigenvalue weighted by Crippen LogP contribution is -2.24. The maximum Gasteiger partial charge on any atom is 0.133 e. The number of alkyl halides is 1. The molecule has 0 bridgehead atoms. The van der Waals surface area contributed by atoms with E-state index in [0.29, 0.717) is 13.1 Å². The molecule has 0 aromatic carbocycles. The van der Waals surface area contributed by atoms with Gasteiger partial charge in [0, 0.05) is 6.54 Å². The Kier molecular flexibility index (Phi) is 3.81. The Balaban J connectivity index is 2.34. The Bertz CT molecular complexity index is 278. The summed E-state index contributed by atoms with van der Waals surface area (Å²) >= 11 is 5.67. The largest absolute Gasteiger partial charge is 0.468 e. The van der Waals surface area contributed by atoms with Gasteiger partial charge in [0.2, 0.25) is 0 Å². The third-order valence-electron chi connectivity index (χ3n) is 1.62. The van der Waals surface area contributed by atoms with E-state index < -0.39 is 5.38 Å². The van der Waals surface area contributed by atoms with Gasteiger partial charge < -0.3 is 4.42 Å². The summed E-state index contributed by atoms with van der Waals surface area (Å²) in [6.07, 6.45) is 1.63. The first-order valence-corrected chi connectivity index (χ1v) is 4.40. The molecule has 4 heteroatoms. The van der Waals surface area contributed by atoms with Gasteiger partial charge in [-0.15, -0.1) is 11.6 Å². The Labute approximate surface area is 82.5 Å². The Morgan fingerprint density at radius 2 is 2.54 bits per heavy atom. The second kappa shape index (κ2) is 4.90. The van der Waals surface area contributed by atoms with Crippen LogP contribution < -0.4 is 0 Å². The lowest BCUT2D eigenvalue weighted by atomic mass is 10.3. The summed E-state index contributed by atoms with van der Waals surface area (Å²) in [5.74, 6) is 0.879. The number of rotatable bonds is 4. The van der Waals surface area contributed by atoms with E-state index in [0.717, 1.165) is 5.76 Å². The fourth-order valence-corrected chi connectivity index (χ4v) is 1.28. The van der Waals surface area contributed by atoms with Crippen molar-refractivity contribution in [3.8, 4) is 6.07 Å². The van der Waals surface area contributed by atoms with Gasteiger partial charge in [-0.25, -0.2) is 0 Å². The standard InChI is InChI=1S/C9H11ClN2O/c1-12(6-8(10)5-11)7-9-3-2-4-13-9/h2-4,8H,6-7H2,1H3. The SMILES string of the molecule is CN(Cc1ccco1)CC(Cl)C#N. The number of nitrogens with zero attached hydrogens (tertiary/aromatic N) is 2. The van der Waals surface area contributed by atoms with Crippen LogP contribution in [0.5, 0.6) is 0 Å². The lowest BCUT2D eigenvalue weighted by molar-refractivity contribution is 0.303. The number of hydrogen-bond acceptors (Lipinski definition) is 3. The molecule has 1 aromatic heterocycles. The van der Waals surface area contributed by atoms with E-state index in [-0.39, 0.29) is 0 Å². The van der Waals surface area contributed by atoms with Crippen LogP contribution in [-0.2, 0) is 6.54 Å². The first kappa shape index (κ1) is 10.1. The summed E-state index contributed by atoms with van der Waals surface area (Å²) in [5, 5.41) is 8.02. The van der Waals surface area contributed by atoms with E-state index in [1.54, 1.807) is 6.26 Å². The van der Waals surface area contributed by atoms with Crippen LogP contribution in [0.1, 0.15) is 5.76 Å². The molecule has 0 aliphatic carbocycles. The minimum Gasteiger partial charge on any atom is -0.468 e. The maximum atomic E-state index is 8.48. The molecule has 0 fully saturated rings. The molecule has 1 heterocycles. The smallest absolute Gasteiger partial charge is 0.133 e. The van der Waals surface area contributed by atoms with Crippen LogP contribution in [0.15, 0.2) is 22.8 Å². The fraction of sp³-hybridized carbons (Fsp3) is 0.444. The van der Waals surface area contributed by atoms with E-state index in [1.165, 1.54) is 0 Å². The van der Waals surface area contributed by atoms with Gasteiger partial charge in [-0.2, -0.15) is 5.26 Å². The molecular formula is C9H11ClN2O. The average Bonchev–Trinajstić information content (AvgIpc) is 2.56. The molecule has 0 saturated carbocycles. The number of halogens is 1. The molecule has 13 heavy (non-hydrogen) atoms. The van der Waals surface area contributed by atoms with Crippen molar-refractivity contribution >= 4 is 11.6 Å². The van der Waals surface area contributed by atoms with Crippen molar-refractivity contribution in [2.24, 2.45) is 0 Å². The van der Waals surface area contributed by atoms with Crippen molar-refractivity contribution in [3.05, 3.63) is 24.2 Å². The first-order valence-electron chi connectivity index (χ1n) is 3.97. The third-order valence-corrected chi connectivity index (χ3v) is 1.85. The quantitative estimate of drug-likeness (QED) is 0.694. The molecule has 0 amide bonds. The summed E-state index contributed by atoms with van der Waals surface area (Å²) < 4.78 is 5.15. The molecule has 0 saturated heterocycles. The average molecular weight is 199 g/mol. The number of hydrogen-bond donors (Lipinski definition) is 0. The van der Waals surface area contributed by atoms with Gasteiger partial charge in [-0.3, -0.25) is 4.90 Å². The Hall–Kier alpha value is -0.980. The van der Waals surface area contributed by atoms with Crippen LogP contribution in [0.3, 0.4) is 0 Å². The zero-order chi connectivity index (χ0) is 9.68. The van der Waals surface area contributed by atoms with E-state index in [4.69, 9.17) is 21.3 Å². The predicted molar refractivity (Wildman–Crippen MR) is 50.3 cm³/mol. The van der Waals surface area contributed by atoms with Crippen LogP contribution >= 0.6 is 11.6 Å². The summed E-state index contributed by atoms with van der Waals surface area (Å²) in [5.41, 5.74) is 0. The Morgan fingerprint density at radius 3 is 3.08 bits per heavy atom. The van der Waals surface area contributed by atoms with Gasteiger partial charge in [0.25, 0.3) is 0 Å². The summed E-state index contributed by atoms with van der Waals surface area (Å²) in [6.45, 7) is 1.22. The van der Waals surface area contributed by atoms with Gasteiger partial charge in [0.15, 0.2) is 0 Å². The molecule has 1 unspecified atom stereocenters. The monoisotopic (exact) mass is 198 g/mol. The van der Waals surface area contributed by atoms with Gasteiger partial charge >= 0.3 is 0 Å². The van der Waals surface area contributed by atoms with E-state index in [1.807, 2.05) is 30.1 Å². The lowest BCUT2D eigenvalue weighted by Gasteiger charge is -2.14. The zero-order valence-electron chi connectivity index (χ0n) is 7.40. The first-order chi connectivity index (χ1) is 6.22. The summed E-state index contributed by atoms with van der Waals surface area (Å²) in [7, 11) is 1.90. The van der Waals surface area contributed by atoms with E-state index in [9.17, 15) is 0 Å². The minimum absolute atomic E-state index is 0.458. The van der Waals surface area contributed by atoms with Crippen molar-refractivity contribution in [2.75, 3.05) is 13.6 Å². The van der Waals surface area contributed by atoms with Crippen LogP contribution in [0.25, 0.3) is 0 Å². The normalized spacial score (nSPS) is 12.8. The summed E-state index contributed by atoms with van der Waals surface area (Å²) in [4.78, 5) is 1.94. The predicted octanol–water partition coefficient (Wildman–Crippen LogP) is 1.84. The molecule has 1 aromatic rings. The molecule has 70 valence electrons. The van der Waals surface area contributed by atoms with E-state index in [2.05, 4.69) is 0 Å². The van der Waals surface area contributed by atoms with Gasteiger partial charge in [0.1, 0.15) is 11.1 Å². The molecule has 1 rings (SSSR count). The third kappa shape index (κ3) is 3.49. The maximum absolute atomic E-state index is 8.48. The van der Waals surface area contributed by atoms with Crippen LogP contribution in [0.4, 0.5) is 0 Å². The second-order valence-corrected chi connectivity index (χ2v) is 3.40. The van der Waals surface area contributed by atoms with Gasteiger partial charge in [-0.05, 0) is 19.2 Å². The molecule has 0 aliphatic rings. The van der Waals surface area contributed by atoms with Crippen molar-refractivity contribution in [2.45, 2.75) is 11.9 Å². The second-order valence-electron chi connectivity index (χ2n) is 2.87. The zero-order valence-corrected chi connectivity index (χ0v) is 8.16. The van der Waals surface area contributed by atoms with Crippen LogP contribution in [-0.4, -0.2) is 23.9 Å². The van der Waals surface area contributed by atoms with Crippen LogP contribution in [0, 0.1) is 11.3 Å². The molecule has 0 spiro atoms. The Morgan fingerprint density at radius 1 is 1.77 bits per heavy atom. The highest BCUT2D eigenvalue weighted by molar-refractivity contribution is 6.22. The molecular weight excluding hydrogens is 188 g/mol. The van der Waals surface area contributed by atoms with Crippen molar-refractivity contribution in [3.63, 3.8) is 0 Å². The molecule has 0 radical (unpaired) electrons. The van der Waals surface area contributed by atoms with Gasteiger partial charge in [0.05, 0.1) is 18.9 Å². The van der Waals surface area contributed by atoms with Crippen molar-refractivity contribution in [1.29, 1.82) is 5.26 Å². The van der Waals surface area contributed by atoms with Crippen molar-refractivity contribution < 1.29 is 4.42 Å².